The summed E-state index contributed by atoms with van der Waals surface area (Å²) in [4.78, 5) is 23.2. The molecular formula is C16H10Cl2N4O9S2. The summed E-state index contributed by atoms with van der Waals surface area (Å²) >= 11 is 11.8. The molecule has 174 valence electrons. The van der Waals surface area contributed by atoms with Gasteiger partial charge in [0.2, 0.25) is 0 Å². The predicted molar refractivity (Wildman–Crippen MR) is 114 cm³/mol. The van der Waals surface area contributed by atoms with Gasteiger partial charge in [-0.2, -0.15) is 21.9 Å². The largest absolute Gasteiger partial charge is 0.476 e. The van der Waals surface area contributed by atoms with E-state index in [0.717, 1.165) is 36.4 Å². The summed E-state index contributed by atoms with van der Waals surface area (Å²) in [6.07, 6.45) is 0. The van der Waals surface area contributed by atoms with Gasteiger partial charge in [-0.15, -0.1) is 5.11 Å². The Hall–Kier alpha value is -3.08. The highest BCUT2D eigenvalue weighted by molar-refractivity contribution is 7.86. The fourth-order valence-corrected chi connectivity index (χ4v) is 4.33. The second-order valence-corrected chi connectivity index (χ2v) is 9.79. The summed E-state index contributed by atoms with van der Waals surface area (Å²) in [7, 11) is -9.17. The number of aromatic amines is 1. The maximum atomic E-state index is 12.8. The first kappa shape index (κ1) is 24.6. The molecule has 0 aliphatic rings. The van der Waals surface area contributed by atoms with Crippen molar-refractivity contribution in [2.45, 2.75) is 9.79 Å². The number of carboxylic acids is 1. The van der Waals surface area contributed by atoms with Crippen molar-refractivity contribution in [1.82, 2.24) is 9.78 Å². The lowest BCUT2D eigenvalue weighted by atomic mass is 10.3. The Bertz CT molecular complexity index is 1580. The van der Waals surface area contributed by atoms with Gasteiger partial charge in [-0.25, -0.2) is 9.48 Å². The van der Waals surface area contributed by atoms with Gasteiger partial charge in [0, 0.05) is 0 Å². The molecule has 33 heavy (non-hydrogen) atoms. The van der Waals surface area contributed by atoms with Crippen molar-refractivity contribution in [2.75, 3.05) is 0 Å². The molecule has 13 nitrogen and oxygen atoms in total. The molecule has 1 heterocycles. The smallest absolute Gasteiger partial charge is 0.356 e. The minimum atomic E-state index is -4.73. The van der Waals surface area contributed by atoms with Gasteiger partial charge in [0.15, 0.2) is 11.4 Å². The molecule has 0 bridgehead atoms. The van der Waals surface area contributed by atoms with Crippen molar-refractivity contribution in [3.63, 3.8) is 0 Å². The number of hydrogen-bond acceptors (Lipinski definition) is 8. The van der Waals surface area contributed by atoms with Crippen LogP contribution in [0.3, 0.4) is 0 Å². The summed E-state index contributed by atoms with van der Waals surface area (Å²) in [6.45, 7) is 0. The van der Waals surface area contributed by atoms with E-state index < -0.39 is 58.0 Å². The Morgan fingerprint density at radius 2 is 1.55 bits per heavy atom. The number of H-pyrrole nitrogens is 1. The molecule has 0 fully saturated rings. The van der Waals surface area contributed by atoms with Crippen LogP contribution in [-0.2, 0) is 20.2 Å². The first-order valence-corrected chi connectivity index (χ1v) is 11.9. The molecular weight excluding hydrogens is 527 g/mol. The molecule has 1 aromatic heterocycles. The van der Waals surface area contributed by atoms with E-state index >= 15 is 0 Å². The second-order valence-electron chi connectivity index (χ2n) is 6.16. The third-order valence-electron chi connectivity index (χ3n) is 4.00. The van der Waals surface area contributed by atoms with Crippen LogP contribution in [-0.4, -0.2) is 46.8 Å². The zero-order valence-electron chi connectivity index (χ0n) is 15.7. The van der Waals surface area contributed by atoms with Crippen molar-refractivity contribution in [3.05, 3.63) is 62.5 Å². The normalized spacial score (nSPS) is 12.4. The number of nitrogens with one attached hydrogen (secondary N) is 1. The molecule has 0 aliphatic heterocycles. The Balaban J connectivity index is 2.11. The lowest BCUT2D eigenvalue weighted by Gasteiger charge is -2.08. The van der Waals surface area contributed by atoms with Crippen LogP contribution in [0.2, 0.25) is 10.0 Å². The minimum Gasteiger partial charge on any atom is -0.476 e. The highest BCUT2D eigenvalue weighted by atomic mass is 35.5. The van der Waals surface area contributed by atoms with E-state index in [2.05, 4.69) is 15.3 Å². The van der Waals surface area contributed by atoms with E-state index in [1.807, 2.05) is 0 Å². The van der Waals surface area contributed by atoms with Crippen molar-refractivity contribution < 1.29 is 35.8 Å². The van der Waals surface area contributed by atoms with Crippen LogP contribution in [0.1, 0.15) is 10.5 Å². The standard InChI is InChI=1S/C16H10Cl2N4O9S2/c17-9-6-12(33(29,30)31)10(18)5-11(9)22-15(23)13(14(21-22)16(24)25)20-19-7-1-3-8(4-2-7)32(26,27)28/h1-6,21H,(H,24,25)(H,26,27,28)(H,29,30,31). The fraction of sp³-hybridized carbons (Fsp3) is 0. The number of carboxylic acid groups (broad SMARTS) is 1. The molecule has 0 amide bonds. The number of azo groups is 1. The summed E-state index contributed by atoms with van der Waals surface area (Å²) in [5.41, 5.74) is -2.66. The number of aromatic nitrogens is 2. The van der Waals surface area contributed by atoms with Crippen molar-refractivity contribution in [1.29, 1.82) is 0 Å². The lowest BCUT2D eigenvalue weighted by Crippen LogP contribution is -2.15. The van der Waals surface area contributed by atoms with Crippen LogP contribution in [0.15, 0.2) is 61.2 Å². The average molecular weight is 537 g/mol. The zero-order chi connectivity index (χ0) is 24.7. The summed E-state index contributed by atoms with van der Waals surface area (Å²) in [5.74, 6) is -1.60. The van der Waals surface area contributed by atoms with E-state index in [1.54, 1.807) is 0 Å². The number of halogens is 2. The van der Waals surface area contributed by atoms with Gasteiger partial charge in [0.1, 0.15) is 4.90 Å². The molecule has 3 aromatic rings. The first-order chi connectivity index (χ1) is 15.2. The quantitative estimate of drug-likeness (QED) is 0.269. The van der Waals surface area contributed by atoms with Crippen LogP contribution < -0.4 is 5.56 Å². The minimum absolute atomic E-state index is 0.0180. The molecule has 17 heteroatoms. The van der Waals surface area contributed by atoms with Gasteiger partial charge in [-0.05, 0) is 36.4 Å². The van der Waals surface area contributed by atoms with Gasteiger partial charge in [0.05, 0.1) is 26.3 Å². The van der Waals surface area contributed by atoms with E-state index in [9.17, 15) is 36.1 Å². The molecule has 0 spiro atoms. The second kappa shape index (κ2) is 8.69. The third kappa shape index (κ3) is 5.13. The summed E-state index contributed by atoms with van der Waals surface area (Å²) in [6, 6.07) is 5.98. The van der Waals surface area contributed by atoms with Gasteiger partial charge in [-0.3, -0.25) is 19.0 Å². The van der Waals surface area contributed by atoms with Gasteiger partial charge >= 0.3 is 5.97 Å². The highest BCUT2D eigenvalue weighted by Crippen LogP contribution is 2.31. The molecule has 2 aromatic carbocycles. The van der Waals surface area contributed by atoms with Crippen LogP contribution in [0.5, 0.6) is 0 Å². The molecule has 0 saturated heterocycles. The molecule has 0 unspecified atom stereocenters. The van der Waals surface area contributed by atoms with E-state index in [4.69, 9.17) is 27.8 Å². The molecule has 0 radical (unpaired) electrons. The topological polar surface area (TPSA) is 209 Å². The lowest BCUT2D eigenvalue weighted by molar-refractivity contribution is 0.0690. The Labute approximate surface area is 194 Å². The number of nitrogens with zero attached hydrogens (tertiary/aromatic N) is 3. The molecule has 0 atom stereocenters. The van der Waals surface area contributed by atoms with Crippen LogP contribution in [0.4, 0.5) is 11.4 Å². The summed E-state index contributed by atoms with van der Waals surface area (Å²) < 4.78 is 63.6. The van der Waals surface area contributed by atoms with Gasteiger partial charge in [0.25, 0.3) is 25.8 Å². The number of carbonyl (C=O) groups is 1. The number of rotatable bonds is 6. The van der Waals surface area contributed by atoms with Crippen molar-refractivity contribution >= 4 is 60.8 Å². The Morgan fingerprint density at radius 1 is 0.939 bits per heavy atom. The SMILES string of the molecule is O=C(O)c1[nH]n(-c2cc(Cl)c(S(=O)(=O)O)cc2Cl)c(=O)c1N=Nc1ccc(S(=O)(=O)O)cc1. The first-order valence-electron chi connectivity index (χ1n) is 8.24. The Morgan fingerprint density at radius 3 is 2.06 bits per heavy atom. The maximum absolute atomic E-state index is 12.8. The van der Waals surface area contributed by atoms with Gasteiger partial charge in [-0.1, -0.05) is 23.2 Å². The molecule has 3 rings (SSSR count). The predicted octanol–water partition coefficient (Wildman–Crippen LogP) is 3.08. The molecule has 0 aliphatic carbocycles. The average Bonchev–Trinajstić information content (AvgIpc) is 3.03. The highest BCUT2D eigenvalue weighted by Gasteiger charge is 2.24. The Kier molecular flexibility index (Phi) is 6.47. The van der Waals surface area contributed by atoms with Crippen LogP contribution in [0.25, 0.3) is 5.69 Å². The maximum Gasteiger partial charge on any atom is 0.356 e. The van der Waals surface area contributed by atoms with Crippen molar-refractivity contribution in [3.8, 4) is 5.69 Å². The zero-order valence-corrected chi connectivity index (χ0v) is 18.8. The van der Waals surface area contributed by atoms with E-state index in [1.165, 1.54) is 0 Å². The number of aromatic carboxylic acids is 1. The van der Waals surface area contributed by atoms with Gasteiger partial charge < -0.3 is 5.11 Å². The van der Waals surface area contributed by atoms with E-state index in [0.29, 0.717) is 4.68 Å². The van der Waals surface area contributed by atoms with Crippen LogP contribution >= 0.6 is 23.2 Å². The van der Waals surface area contributed by atoms with Crippen molar-refractivity contribution in [2.24, 2.45) is 10.2 Å². The number of hydrogen-bond donors (Lipinski definition) is 4. The molecule has 0 saturated carbocycles. The molecule has 4 N–H and O–H groups in total. The fourth-order valence-electron chi connectivity index (χ4n) is 2.52. The third-order valence-corrected chi connectivity index (χ3v) is 6.49. The van der Waals surface area contributed by atoms with Crippen LogP contribution in [0, 0.1) is 0 Å². The van der Waals surface area contributed by atoms with E-state index in [-0.39, 0.29) is 16.4 Å². The summed E-state index contributed by atoms with van der Waals surface area (Å²) in [5, 5.41) is 18.0. The monoisotopic (exact) mass is 536 g/mol. The number of benzene rings is 2.